The minimum Gasteiger partial charge on any atom is -0.493 e. The third kappa shape index (κ3) is 7.00. The topological polar surface area (TPSA) is 25.3 Å². The first kappa shape index (κ1) is 31.1. The van der Waals surface area contributed by atoms with Crippen molar-refractivity contribution in [3.05, 3.63) is 85.5 Å². The summed E-state index contributed by atoms with van der Waals surface area (Å²) in [5, 5.41) is 0. The Kier molecular flexibility index (Phi) is 11.8. The Bertz CT molecular complexity index is 1170. The average molecular weight is 527 g/mol. The molecule has 2 nitrogen and oxygen atoms in total. The van der Waals surface area contributed by atoms with Crippen molar-refractivity contribution in [3.63, 3.8) is 0 Å². The molecule has 39 heavy (non-hydrogen) atoms. The lowest BCUT2D eigenvalue weighted by molar-refractivity contribution is -0.345. The van der Waals surface area contributed by atoms with Gasteiger partial charge in [0.1, 0.15) is 0 Å². The average Bonchev–Trinajstić information content (AvgIpc) is 3.21. The number of rotatable bonds is 15. The lowest BCUT2D eigenvalue weighted by Crippen LogP contribution is -2.08. The Hall–Kier alpha value is -2.48. The second kappa shape index (κ2) is 14.8. The molecule has 0 saturated heterocycles. The van der Waals surface area contributed by atoms with E-state index in [4.69, 9.17) is 0 Å². The van der Waals surface area contributed by atoms with Gasteiger partial charge in [0.15, 0.2) is 0 Å². The maximum Gasteiger partial charge on any atom is 0.211 e. The summed E-state index contributed by atoms with van der Waals surface area (Å²) in [6.45, 7) is 18.0. The predicted octanol–water partition coefficient (Wildman–Crippen LogP) is 11.4. The highest BCUT2D eigenvalue weighted by atomic mass is 15.2. The molecule has 0 atom stereocenters. The molecule has 1 aliphatic heterocycles. The fourth-order valence-electron chi connectivity index (χ4n) is 6.21. The largest absolute Gasteiger partial charge is 0.493 e. The van der Waals surface area contributed by atoms with Crippen LogP contribution in [0.1, 0.15) is 143 Å². The molecule has 3 rings (SSSR count). The highest BCUT2D eigenvalue weighted by molar-refractivity contribution is 5.82. The highest BCUT2D eigenvalue weighted by Crippen LogP contribution is 2.45. The van der Waals surface area contributed by atoms with Gasteiger partial charge in [-0.25, -0.2) is 4.70 Å². The standard InChI is InChI=1S/C37H54N2/c1-9-14-18-29-24-32(25-30(19-15-10-2)34(29)20-16-11-3)36-33(13-5)35(21-17-12-4)37(39(36)38)31-22-26(6)28(8)27(7)23-31/h22-25H,9-21H2,1-8H3. The van der Waals surface area contributed by atoms with E-state index in [1.54, 1.807) is 10.3 Å². The van der Waals surface area contributed by atoms with Crippen LogP contribution in [0.25, 0.3) is 16.9 Å². The zero-order valence-electron chi connectivity index (χ0n) is 26.4. The van der Waals surface area contributed by atoms with Crippen LogP contribution in [0.5, 0.6) is 0 Å². The van der Waals surface area contributed by atoms with Crippen molar-refractivity contribution < 1.29 is 4.70 Å². The van der Waals surface area contributed by atoms with Gasteiger partial charge in [-0.3, -0.25) is 0 Å². The normalized spacial score (nSPS) is 13.8. The van der Waals surface area contributed by atoms with Gasteiger partial charge < -0.3 is 5.53 Å². The molecule has 1 heterocycles. The summed E-state index contributed by atoms with van der Waals surface area (Å²) in [6.07, 6.45) is 14.9. The number of allylic oxidation sites excluding steroid dienone is 2. The molecule has 0 bridgehead atoms. The van der Waals surface area contributed by atoms with E-state index >= 15 is 0 Å². The van der Waals surface area contributed by atoms with Crippen molar-refractivity contribution in [2.45, 2.75) is 139 Å². The van der Waals surface area contributed by atoms with Gasteiger partial charge in [0.05, 0.1) is 0 Å². The SMILES string of the molecule is CCCCC1=C(c2cc(C)c(C)c(C)c2)[N+](=[N-])C(c2cc(CCCC)c(CCCC)c(CCCC)c2)=C1CC. The number of unbranched alkanes of at least 4 members (excludes halogenated alkanes) is 4. The van der Waals surface area contributed by atoms with Gasteiger partial charge in [0.25, 0.3) is 0 Å². The smallest absolute Gasteiger partial charge is 0.211 e. The van der Waals surface area contributed by atoms with E-state index in [1.807, 2.05) is 0 Å². The van der Waals surface area contributed by atoms with Crippen molar-refractivity contribution in [3.8, 4) is 0 Å². The van der Waals surface area contributed by atoms with Crippen molar-refractivity contribution in [1.82, 2.24) is 0 Å². The van der Waals surface area contributed by atoms with Gasteiger partial charge in [-0.05, 0) is 136 Å². The van der Waals surface area contributed by atoms with Crippen molar-refractivity contribution in [1.29, 1.82) is 0 Å². The summed E-state index contributed by atoms with van der Waals surface area (Å²) < 4.78 is 1.57. The number of hydrogen-bond donors (Lipinski definition) is 0. The minimum atomic E-state index is 0.922. The molecule has 1 aliphatic rings. The molecule has 2 aromatic carbocycles. The Morgan fingerprint density at radius 2 is 1.00 bits per heavy atom. The van der Waals surface area contributed by atoms with Gasteiger partial charge in [-0.15, -0.1) is 0 Å². The second-order valence-electron chi connectivity index (χ2n) is 11.7. The van der Waals surface area contributed by atoms with Crippen LogP contribution < -0.4 is 0 Å². The molecule has 0 unspecified atom stereocenters. The molecule has 0 radical (unpaired) electrons. The third-order valence-corrected chi connectivity index (χ3v) is 8.78. The molecule has 0 N–H and O–H groups in total. The van der Waals surface area contributed by atoms with Crippen molar-refractivity contribution in [2.24, 2.45) is 0 Å². The zero-order valence-corrected chi connectivity index (χ0v) is 26.4. The van der Waals surface area contributed by atoms with E-state index < -0.39 is 0 Å². The molecule has 0 saturated carbocycles. The monoisotopic (exact) mass is 526 g/mol. The van der Waals surface area contributed by atoms with Crippen LogP contribution in [0.2, 0.25) is 0 Å². The first-order chi connectivity index (χ1) is 18.8. The lowest BCUT2D eigenvalue weighted by Gasteiger charge is -2.19. The number of aryl methyl sites for hydroxylation is 4. The summed E-state index contributed by atoms with van der Waals surface area (Å²) >= 11 is 0. The molecule has 0 spiro atoms. The quantitative estimate of drug-likeness (QED) is 0.206. The number of benzene rings is 2. The summed E-state index contributed by atoms with van der Waals surface area (Å²) in [5.41, 5.74) is 27.6. The van der Waals surface area contributed by atoms with Crippen LogP contribution in [-0.2, 0) is 19.3 Å². The van der Waals surface area contributed by atoms with Crippen LogP contribution in [0.3, 0.4) is 0 Å². The van der Waals surface area contributed by atoms with Gasteiger partial charge in [-0.2, -0.15) is 0 Å². The van der Waals surface area contributed by atoms with Crippen molar-refractivity contribution >= 4 is 11.4 Å². The second-order valence-corrected chi connectivity index (χ2v) is 11.7. The molecule has 2 aromatic rings. The van der Waals surface area contributed by atoms with Gasteiger partial charge in [-0.1, -0.05) is 60.3 Å². The molecule has 0 fully saturated rings. The fraction of sp³-hybridized carbons (Fsp3) is 0.568. The van der Waals surface area contributed by atoms with E-state index in [0.29, 0.717) is 0 Å². The minimum absolute atomic E-state index is 0.922. The van der Waals surface area contributed by atoms with Crippen LogP contribution in [0, 0.1) is 20.8 Å². The Balaban J connectivity index is 2.24. The van der Waals surface area contributed by atoms with Gasteiger partial charge in [0.2, 0.25) is 11.4 Å². The maximum absolute atomic E-state index is 12.0. The summed E-state index contributed by atoms with van der Waals surface area (Å²) in [4.78, 5) is 0. The summed E-state index contributed by atoms with van der Waals surface area (Å²) in [7, 11) is 0. The van der Waals surface area contributed by atoms with E-state index in [-0.39, 0.29) is 0 Å². The molecule has 0 aromatic heterocycles. The predicted molar refractivity (Wildman–Crippen MR) is 170 cm³/mol. The fourth-order valence-corrected chi connectivity index (χ4v) is 6.21. The highest BCUT2D eigenvalue weighted by Gasteiger charge is 2.35. The Labute approximate surface area is 240 Å². The van der Waals surface area contributed by atoms with Crippen LogP contribution in [0.4, 0.5) is 0 Å². The van der Waals surface area contributed by atoms with Crippen molar-refractivity contribution in [2.75, 3.05) is 0 Å². The van der Waals surface area contributed by atoms with Gasteiger partial charge >= 0.3 is 0 Å². The molecule has 2 heteroatoms. The van der Waals surface area contributed by atoms with Gasteiger partial charge in [0, 0.05) is 22.3 Å². The van der Waals surface area contributed by atoms with E-state index in [2.05, 4.69) is 79.7 Å². The van der Waals surface area contributed by atoms with E-state index in [0.717, 1.165) is 55.5 Å². The van der Waals surface area contributed by atoms with Crippen LogP contribution >= 0.6 is 0 Å². The lowest BCUT2D eigenvalue weighted by atomic mass is 9.87. The number of nitrogens with zero attached hydrogens (tertiary/aromatic N) is 2. The third-order valence-electron chi connectivity index (χ3n) is 8.78. The summed E-state index contributed by atoms with van der Waals surface area (Å²) in [5.74, 6) is 0. The van der Waals surface area contributed by atoms with Crippen LogP contribution in [-0.4, -0.2) is 4.70 Å². The van der Waals surface area contributed by atoms with E-state index in [1.165, 1.54) is 89.5 Å². The number of hydrogen-bond acceptors (Lipinski definition) is 0. The molecular formula is C37H54N2. The first-order valence-corrected chi connectivity index (χ1v) is 16.0. The van der Waals surface area contributed by atoms with Crippen LogP contribution in [0.15, 0.2) is 35.4 Å². The zero-order chi connectivity index (χ0) is 28.5. The maximum atomic E-state index is 12.0. The first-order valence-electron chi connectivity index (χ1n) is 16.0. The Morgan fingerprint density at radius 1 is 0.564 bits per heavy atom. The van der Waals surface area contributed by atoms with E-state index in [9.17, 15) is 5.53 Å². The molecule has 0 aliphatic carbocycles. The molecule has 212 valence electrons. The summed E-state index contributed by atoms with van der Waals surface area (Å²) in [6, 6.07) is 9.43. The molecular weight excluding hydrogens is 472 g/mol. The molecule has 0 amide bonds. The Morgan fingerprint density at radius 3 is 1.49 bits per heavy atom.